The summed E-state index contributed by atoms with van der Waals surface area (Å²) in [5, 5.41) is 2.83. The lowest BCUT2D eigenvalue weighted by molar-refractivity contribution is 0.0957. The van der Waals surface area contributed by atoms with E-state index in [4.69, 9.17) is 0 Å². The first-order valence-electron chi connectivity index (χ1n) is 4.08. The van der Waals surface area contributed by atoms with E-state index in [-0.39, 0.29) is 7.33 Å². The van der Waals surface area contributed by atoms with Crippen molar-refractivity contribution >= 4 is 17.2 Å². The summed E-state index contributed by atoms with van der Waals surface area (Å²) in [5.41, 5.74) is 0. The van der Waals surface area contributed by atoms with Crippen molar-refractivity contribution in [3.63, 3.8) is 0 Å². The van der Waals surface area contributed by atoms with Crippen LogP contribution in [-0.4, -0.2) is 12.5 Å². The lowest BCUT2D eigenvalue weighted by atomic mass is 10.4. The van der Waals surface area contributed by atoms with E-state index in [0.29, 0.717) is 0 Å². The molecule has 0 aliphatic carbocycles. The minimum absolute atomic E-state index is 0. The van der Waals surface area contributed by atoms with E-state index in [1.165, 1.54) is 16.2 Å². The molecule has 2 nitrogen and oxygen atoms in total. The molecule has 1 amide bonds. The molecule has 0 aliphatic heterocycles. The van der Waals surface area contributed by atoms with Crippen LogP contribution in [0.4, 0.5) is 0 Å². The Balaban J connectivity index is 0.00000144. The molecule has 0 fully saturated rings. The maximum absolute atomic E-state index is 11.3. The smallest absolute Gasteiger partial charge is 0.261 e. The van der Waals surface area contributed by atoms with Gasteiger partial charge < -0.3 is 5.32 Å². The molecule has 1 rings (SSSR count). The van der Waals surface area contributed by atoms with Gasteiger partial charge >= 0.3 is 0 Å². The first-order valence-corrected chi connectivity index (χ1v) is 4.90. The maximum Gasteiger partial charge on any atom is 0.261 e. The molecule has 1 N–H and O–H groups in total. The number of carbonyl (C=O) groups excluding carboxylic acids is 1. The van der Waals surface area contributed by atoms with Crippen LogP contribution in [0.25, 0.3) is 0 Å². The molecule has 0 saturated carbocycles. The predicted molar refractivity (Wildman–Crippen MR) is 53.8 cm³/mol. The Kier molecular flexibility index (Phi) is 3.29. The third-order valence-electron chi connectivity index (χ3n) is 1.50. The van der Waals surface area contributed by atoms with Gasteiger partial charge in [0.25, 0.3) is 5.91 Å². The highest BCUT2D eigenvalue weighted by molar-refractivity contribution is 7.13. The highest BCUT2D eigenvalue weighted by Crippen LogP contribution is 2.14. The standard InChI is InChI=1S/C9H13NOS.H2/c1-3-6-10-9(11)8-5-4-7(2)12-8;/h4-5H,3,6H2,1-2H3,(H,10,11);1H. The van der Waals surface area contributed by atoms with Crippen LogP contribution >= 0.6 is 11.3 Å². The number of rotatable bonds is 3. The molecule has 12 heavy (non-hydrogen) atoms. The minimum atomic E-state index is 0. The second-order valence-electron chi connectivity index (χ2n) is 2.67. The Bertz CT molecular complexity index is 272. The van der Waals surface area contributed by atoms with Crippen LogP contribution in [0.2, 0.25) is 0 Å². The summed E-state index contributed by atoms with van der Waals surface area (Å²) < 4.78 is 0. The van der Waals surface area contributed by atoms with Crippen LogP contribution in [0.5, 0.6) is 0 Å². The fraction of sp³-hybridized carbons (Fsp3) is 0.444. The van der Waals surface area contributed by atoms with E-state index in [1.807, 2.05) is 26.0 Å². The van der Waals surface area contributed by atoms with Gasteiger partial charge in [0.15, 0.2) is 0 Å². The van der Waals surface area contributed by atoms with E-state index < -0.39 is 0 Å². The topological polar surface area (TPSA) is 29.1 Å². The summed E-state index contributed by atoms with van der Waals surface area (Å²) >= 11 is 1.53. The molecule has 0 aromatic carbocycles. The van der Waals surface area contributed by atoms with Crippen molar-refractivity contribution in [2.75, 3.05) is 6.54 Å². The Morgan fingerprint density at radius 2 is 2.42 bits per heavy atom. The first-order chi connectivity index (χ1) is 5.74. The number of amides is 1. The molecule has 3 heteroatoms. The van der Waals surface area contributed by atoms with Crippen molar-refractivity contribution in [1.82, 2.24) is 5.32 Å². The summed E-state index contributed by atoms with van der Waals surface area (Å²) in [6.45, 7) is 4.80. The van der Waals surface area contributed by atoms with Crippen LogP contribution in [0.3, 0.4) is 0 Å². The fourth-order valence-electron chi connectivity index (χ4n) is 0.882. The molecule has 0 bridgehead atoms. The largest absolute Gasteiger partial charge is 0.351 e. The Labute approximate surface area is 78.1 Å². The Morgan fingerprint density at radius 3 is 2.92 bits per heavy atom. The van der Waals surface area contributed by atoms with Gasteiger partial charge in [-0.05, 0) is 25.5 Å². The molecule has 1 heterocycles. The van der Waals surface area contributed by atoms with E-state index in [0.717, 1.165) is 17.8 Å². The van der Waals surface area contributed by atoms with Gasteiger partial charge in [-0.1, -0.05) is 6.92 Å². The van der Waals surface area contributed by atoms with Crippen LogP contribution in [-0.2, 0) is 0 Å². The van der Waals surface area contributed by atoms with Crippen LogP contribution in [0.15, 0.2) is 12.1 Å². The number of hydrogen-bond donors (Lipinski definition) is 1. The van der Waals surface area contributed by atoms with Crippen LogP contribution in [0, 0.1) is 6.92 Å². The minimum Gasteiger partial charge on any atom is -0.351 e. The first kappa shape index (κ1) is 9.26. The van der Waals surface area contributed by atoms with Gasteiger partial charge in [-0.3, -0.25) is 4.79 Å². The lowest BCUT2D eigenvalue weighted by Crippen LogP contribution is -2.22. The van der Waals surface area contributed by atoms with E-state index >= 15 is 0 Å². The summed E-state index contributed by atoms with van der Waals surface area (Å²) in [6, 6.07) is 3.83. The Morgan fingerprint density at radius 1 is 1.67 bits per heavy atom. The third-order valence-corrected chi connectivity index (χ3v) is 2.50. The molecule has 0 aliphatic rings. The normalized spacial score (nSPS) is 9.83. The molecule has 0 atom stereocenters. The summed E-state index contributed by atoms with van der Waals surface area (Å²) in [4.78, 5) is 13.3. The lowest BCUT2D eigenvalue weighted by Gasteiger charge is -1.98. The summed E-state index contributed by atoms with van der Waals surface area (Å²) in [7, 11) is 0. The zero-order valence-electron chi connectivity index (χ0n) is 7.39. The molecular weight excluding hydrogens is 170 g/mol. The molecule has 0 unspecified atom stereocenters. The molecule has 0 saturated heterocycles. The van der Waals surface area contributed by atoms with Crippen LogP contribution in [0.1, 0.15) is 29.3 Å². The SMILES string of the molecule is CCCNC(=O)c1ccc(C)s1.[HH]. The molecule has 0 radical (unpaired) electrons. The number of hydrogen-bond acceptors (Lipinski definition) is 2. The molecule has 1 aromatic rings. The van der Waals surface area contributed by atoms with Crippen molar-refractivity contribution in [3.05, 3.63) is 21.9 Å². The fourth-order valence-corrected chi connectivity index (χ4v) is 1.67. The van der Waals surface area contributed by atoms with Gasteiger partial charge in [0.2, 0.25) is 0 Å². The van der Waals surface area contributed by atoms with Gasteiger partial charge in [0.05, 0.1) is 4.88 Å². The average molecular weight is 185 g/mol. The average Bonchev–Trinajstić information content (AvgIpc) is 2.47. The van der Waals surface area contributed by atoms with E-state index in [1.54, 1.807) is 0 Å². The van der Waals surface area contributed by atoms with Gasteiger partial charge in [-0.15, -0.1) is 11.3 Å². The van der Waals surface area contributed by atoms with Crippen molar-refractivity contribution in [2.45, 2.75) is 20.3 Å². The van der Waals surface area contributed by atoms with E-state index in [9.17, 15) is 4.79 Å². The zero-order valence-corrected chi connectivity index (χ0v) is 8.20. The second-order valence-corrected chi connectivity index (χ2v) is 3.95. The molecular formula is C9H15NOS. The van der Waals surface area contributed by atoms with Crippen molar-refractivity contribution in [1.29, 1.82) is 0 Å². The highest BCUT2D eigenvalue weighted by atomic mass is 32.1. The Hall–Kier alpha value is -0.830. The van der Waals surface area contributed by atoms with Crippen molar-refractivity contribution in [3.8, 4) is 0 Å². The number of thiophene rings is 1. The predicted octanol–water partition coefficient (Wildman–Crippen LogP) is 2.44. The van der Waals surface area contributed by atoms with Crippen LogP contribution < -0.4 is 5.32 Å². The van der Waals surface area contributed by atoms with Gasteiger partial charge in [0, 0.05) is 12.8 Å². The van der Waals surface area contributed by atoms with Crippen molar-refractivity contribution < 1.29 is 6.22 Å². The molecule has 68 valence electrons. The highest BCUT2D eigenvalue weighted by Gasteiger charge is 2.05. The number of nitrogens with one attached hydrogen (secondary N) is 1. The molecule has 0 spiro atoms. The van der Waals surface area contributed by atoms with Gasteiger partial charge in [-0.2, -0.15) is 0 Å². The van der Waals surface area contributed by atoms with Crippen molar-refractivity contribution in [2.24, 2.45) is 0 Å². The number of aryl methyl sites for hydroxylation is 1. The summed E-state index contributed by atoms with van der Waals surface area (Å²) in [6.07, 6.45) is 0.982. The maximum atomic E-state index is 11.3. The van der Waals surface area contributed by atoms with Gasteiger partial charge in [-0.25, -0.2) is 0 Å². The monoisotopic (exact) mass is 185 g/mol. The van der Waals surface area contributed by atoms with E-state index in [2.05, 4.69) is 5.32 Å². The quantitative estimate of drug-likeness (QED) is 0.770. The number of carbonyl (C=O) groups is 1. The third kappa shape index (κ3) is 2.34. The summed E-state index contributed by atoms with van der Waals surface area (Å²) in [5.74, 6) is 0.0509. The van der Waals surface area contributed by atoms with Gasteiger partial charge in [0.1, 0.15) is 0 Å². The molecule has 1 aromatic heterocycles. The second kappa shape index (κ2) is 4.26. The zero-order chi connectivity index (χ0) is 8.97.